The van der Waals surface area contributed by atoms with Crippen LogP contribution in [0.25, 0.3) is 10.1 Å². The van der Waals surface area contributed by atoms with Crippen molar-refractivity contribution in [2.24, 2.45) is 23.2 Å². The summed E-state index contributed by atoms with van der Waals surface area (Å²) in [5.41, 5.74) is 0.882. The second-order valence-corrected chi connectivity index (χ2v) is 10.6. The van der Waals surface area contributed by atoms with Crippen LogP contribution in [0.2, 0.25) is 0 Å². The Labute approximate surface area is 187 Å². The summed E-state index contributed by atoms with van der Waals surface area (Å²) in [5, 5.41) is 24.7. The number of hydrogen-bond donors (Lipinski definition) is 3. The number of amides is 1. The summed E-state index contributed by atoms with van der Waals surface area (Å²) in [7, 11) is 0. The maximum Gasteiger partial charge on any atom is 0.303 e. The summed E-state index contributed by atoms with van der Waals surface area (Å²) < 4.78 is 0.997. The van der Waals surface area contributed by atoms with E-state index in [1.165, 1.54) is 17.8 Å². The van der Waals surface area contributed by atoms with E-state index >= 15 is 0 Å². The van der Waals surface area contributed by atoms with Crippen molar-refractivity contribution in [2.75, 3.05) is 0 Å². The smallest absolute Gasteiger partial charge is 0.303 e. The zero-order valence-electron chi connectivity index (χ0n) is 18.1. The van der Waals surface area contributed by atoms with Gasteiger partial charge in [0.2, 0.25) is 0 Å². The minimum Gasteiger partial charge on any atom is -0.508 e. The van der Waals surface area contributed by atoms with Crippen molar-refractivity contribution in [2.45, 2.75) is 58.4 Å². The normalized spacial score (nSPS) is 26.6. The Morgan fingerprint density at radius 1 is 1.26 bits per heavy atom. The van der Waals surface area contributed by atoms with Gasteiger partial charge in [0, 0.05) is 27.9 Å². The predicted molar refractivity (Wildman–Crippen MR) is 123 cm³/mol. The maximum absolute atomic E-state index is 13.2. The Morgan fingerprint density at radius 2 is 2.06 bits per heavy atom. The number of aliphatic carboxylic acids is 1. The predicted octanol–water partition coefficient (Wildman–Crippen LogP) is 5.59. The summed E-state index contributed by atoms with van der Waals surface area (Å²) in [6, 6.07) is 5.30. The molecule has 2 aromatic rings. The van der Waals surface area contributed by atoms with E-state index in [9.17, 15) is 14.7 Å². The number of nitrogens with one attached hydrogen (secondary N) is 1. The lowest BCUT2D eigenvalue weighted by Crippen LogP contribution is -2.63. The average Bonchev–Trinajstić information content (AvgIpc) is 3.13. The Hall–Kier alpha value is -2.34. The minimum atomic E-state index is -0.750. The molecule has 3 aliphatic rings. The average molecular weight is 442 g/mol. The molecule has 5 rings (SSSR count). The molecular formula is C25H31NO4S. The summed E-state index contributed by atoms with van der Waals surface area (Å²) >= 11 is 1.52. The number of carboxylic acids is 1. The fraction of sp³-hybridized carbons (Fsp3) is 0.520. The largest absolute Gasteiger partial charge is 0.508 e. The van der Waals surface area contributed by atoms with Crippen LogP contribution in [0.4, 0.5) is 0 Å². The van der Waals surface area contributed by atoms with E-state index in [2.05, 4.69) is 31.3 Å². The Morgan fingerprint density at radius 3 is 2.81 bits per heavy atom. The van der Waals surface area contributed by atoms with Crippen LogP contribution in [0.1, 0.15) is 62.7 Å². The molecule has 1 heterocycles. The van der Waals surface area contributed by atoms with Gasteiger partial charge >= 0.3 is 5.97 Å². The van der Waals surface area contributed by atoms with Crippen LogP contribution in [0, 0.1) is 23.2 Å². The van der Waals surface area contributed by atoms with Crippen molar-refractivity contribution in [3.8, 4) is 5.75 Å². The molecular weight excluding hydrogens is 410 g/mol. The molecule has 31 heavy (non-hydrogen) atoms. The highest BCUT2D eigenvalue weighted by molar-refractivity contribution is 7.17. The lowest BCUT2D eigenvalue weighted by molar-refractivity contribution is -0.137. The fourth-order valence-corrected chi connectivity index (χ4v) is 6.47. The second-order valence-electron chi connectivity index (χ2n) is 9.68. The first kappa shape index (κ1) is 21.9. The van der Waals surface area contributed by atoms with Crippen molar-refractivity contribution in [3.05, 3.63) is 41.3 Å². The van der Waals surface area contributed by atoms with Crippen LogP contribution in [-0.4, -0.2) is 28.1 Å². The zero-order valence-corrected chi connectivity index (χ0v) is 19.0. The third-order valence-electron chi connectivity index (χ3n) is 7.54. The summed E-state index contributed by atoms with van der Waals surface area (Å²) in [4.78, 5) is 23.9. The minimum absolute atomic E-state index is 0.0570. The number of phenolic OH excluding ortho intramolecular Hbond substituents is 1. The molecule has 4 atom stereocenters. The molecule has 2 bridgehead atoms. The molecule has 0 spiro atoms. The molecule has 0 radical (unpaired) electrons. The maximum atomic E-state index is 13.2. The molecule has 0 aliphatic heterocycles. The van der Waals surface area contributed by atoms with Crippen LogP contribution in [0.5, 0.6) is 5.75 Å². The highest BCUT2D eigenvalue weighted by Crippen LogP contribution is 2.61. The van der Waals surface area contributed by atoms with Crippen LogP contribution in [0.3, 0.4) is 0 Å². The van der Waals surface area contributed by atoms with Gasteiger partial charge in [0.15, 0.2) is 0 Å². The first-order chi connectivity index (χ1) is 14.8. The van der Waals surface area contributed by atoms with Crippen molar-refractivity contribution >= 4 is 33.3 Å². The Balaban J connectivity index is 1.46. The number of carbonyl (C=O) groups excluding carboxylic acids is 1. The third kappa shape index (κ3) is 4.36. The van der Waals surface area contributed by atoms with Gasteiger partial charge in [-0.2, -0.15) is 0 Å². The molecule has 166 valence electrons. The molecule has 5 nitrogen and oxygen atoms in total. The lowest BCUT2D eigenvalue weighted by atomic mass is 9.44. The van der Waals surface area contributed by atoms with E-state index in [-0.39, 0.29) is 29.5 Å². The molecule has 3 aliphatic carbocycles. The molecule has 1 amide bonds. The van der Waals surface area contributed by atoms with Crippen LogP contribution < -0.4 is 5.32 Å². The number of carbonyl (C=O) groups is 2. The van der Waals surface area contributed by atoms with Crippen LogP contribution >= 0.6 is 11.3 Å². The number of hydrogen-bond acceptors (Lipinski definition) is 4. The van der Waals surface area contributed by atoms with Gasteiger partial charge in [-0.15, -0.1) is 11.3 Å². The number of carboxylic acid groups (broad SMARTS) is 1. The summed E-state index contributed by atoms with van der Waals surface area (Å²) in [6.45, 7) is 4.64. The topological polar surface area (TPSA) is 86.6 Å². The van der Waals surface area contributed by atoms with Crippen LogP contribution in [0.15, 0.2) is 35.7 Å². The highest BCUT2D eigenvalue weighted by atomic mass is 32.1. The number of fused-ring (bicyclic) bond motifs is 3. The van der Waals surface area contributed by atoms with Gasteiger partial charge in [-0.05, 0) is 73.5 Å². The van der Waals surface area contributed by atoms with E-state index in [1.807, 2.05) is 11.4 Å². The number of allylic oxidation sites excluding steroid dienone is 2. The van der Waals surface area contributed by atoms with Crippen LogP contribution in [-0.2, 0) is 4.79 Å². The lowest BCUT2D eigenvalue weighted by Gasteiger charge is -2.62. The molecule has 0 saturated heterocycles. The van der Waals surface area contributed by atoms with Gasteiger partial charge in [-0.3, -0.25) is 9.59 Å². The molecule has 6 heteroatoms. The first-order valence-corrected chi connectivity index (χ1v) is 12.0. The van der Waals surface area contributed by atoms with Gasteiger partial charge in [0.1, 0.15) is 5.75 Å². The quantitative estimate of drug-likeness (QED) is 0.368. The number of phenols is 1. The monoisotopic (exact) mass is 441 g/mol. The van der Waals surface area contributed by atoms with Crippen molar-refractivity contribution < 1.29 is 19.8 Å². The van der Waals surface area contributed by atoms with Gasteiger partial charge in [0.25, 0.3) is 5.91 Å². The van der Waals surface area contributed by atoms with Gasteiger partial charge in [-0.1, -0.05) is 26.0 Å². The van der Waals surface area contributed by atoms with E-state index in [0.29, 0.717) is 29.7 Å². The number of benzene rings is 1. The molecule has 3 fully saturated rings. The molecule has 3 saturated carbocycles. The highest BCUT2D eigenvalue weighted by Gasteiger charge is 2.57. The van der Waals surface area contributed by atoms with Crippen molar-refractivity contribution in [3.63, 3.8) is 0 Å². The zero-order chi connectivity index (χ0) is 22.2. The van der Waals surface area contributed by atoms with Crippen molar-refractivity contribution in [1.29, 1.82) is 0 Å². The summed E-state index contributed by atoms with van der Waals surface area (Å²) in [6.07, 6.45) is 9.08. The second kappa shape index (κ2) is 8.65. The van der Waals surface area contributed by atoms with Crippen molar-refractivity contribution in [1.82, 2.24) is 5.32 Å². The number of unbranched alkanes of at least 4 members (excludes halogenated alkanes) is 1. The molecule has 3 N–H and O–H groups in total. The molecule has 1 unspecified atom stereocenters. The van der Waals surface area contributed by atoms with Gasteiger partial charge < -0.3 is 15.5 Å². The van der Waals surface area contributed by atoms with E-state index in [0.717, 1.165) is 29.3 Å². The Bertz CT molecular complexity index is 1010. The number of thiophene rings is 1. The Kier molecular flexibility index (Phi) is 6.11. The van der Waals surface area contributed by atoms with E-state index in [1.54, 1.807) is 12.1 Å². The first-order valence-electron chi connectivity index (χ1n) is 11.1. The third-order valence-corrected chi connectivity index (χ3v) is 8.50. The number of rotatable bonds is 8. The fourth-order valence-electron chi connectivity index (χ4n) is 5.55. The van der Waals surface area contributed by atoms with E-state index < -0.39 is 5.97 Å². The summed E-state index contributed by atoms with van der Waals surface area (Å²) in [5.74, 6) is 0.939. The molecule has 1 aromatic carbocycles. The van der Waals surface area contributed by atoms with Gasteiger partial charge in [0.05, 0.1) is 5.56 Å². The molecule has 1 aromatic heterocycles. The van der Waals surface area contributed by atoms with E-state index in [4.69, 9.17) is 5.11 Å². The standard InChI is InChI=1S/C25H31NO4S/c1-25(2)16-11-15(7-5-3-4-6-8-22(28)29)23(20(25)12-16)26-24(30)19-14-31-21-10-9-17(27)13-18(19)21/h3,5,9-10,13-16,20,23,27H,4,6-8,11-12H2,1-2H3,(H,26,30)(H,28,29)/b5-3-/t15-,16+,20+,23?/m0/s1. The van der Waals surface area contributed by atoms with Gasteiger partial charge in [-0.25, -0.2) is 0 Å². The SMILES string of the molecule is CC1(C)[C@@H]2C[C@H](C/C=C\CCCC(=O)O)C(NC(=O)c3csc4ccc(O)cc34)[C@H]1C2. The number of aromatic hydroxyl groups is 1.